The monoisotopic (exact) mass is 428 g/mol. The Morgan fingerprint density at radius 1 is 0.781 bits per heavy atom. The van der Waals surface area contributed by atoms with E-state index in [2.05, 4.69) is 60.3 Å². The Hall–Kier alpha value is -3.28. The molecule has 0 aliphatic carbocycles. The molecule has 0 bridgehead atoms. The maximum atomic E-state index is 14.8. The summed E-state index contributed by atoms with van der Waals surface area (Å²) in [6.45, 7) is 2.57. The summed E-state index contributed by atoms with van der Waals surface area (Å²) in [6.07, 6.45) is 1.86. The third-order valence-corrected chi connectivity index (χ3v) is 5.56. The maximum absolute atomic E-state index is 14.8. The fourth-order valence-corrected chi connectivity index (χ4v) is 3.80. The molecule has 0 aliphatic rings. The molecule has 32 heavy (non-hydrogen) atoms. The number of benzene rings is 3. The van der Waals surface area contributed by atoms with E-state index in [-0.39, 0.29) is 5.82 Å². The number of rotatable bonds is 8. The second-order valence-corrected chi connectivity index (χ2v) is 8.36. The smallest absolute Gasteiger partial charge is 0.132 e. The van der Waals surface area contributed by atoms with Crippen LogP contribution in [-0.4, -0.2) is 53.8 Å². The molecule has 0 radical (unpaired) electrons. The first-order valence-corrected chi connectivity index (χ1v) is 10.8. The van der Waals surface area contributed by atoms with Crippen LogP contribution in [0.25, 0.3) is 28.1 Å². The second-order valence-electron chi connectivity index (χ2n) is 8.36. The average Bonchev–Trinajstić information content (AvgIpc) is 3.22. The highest BCUT2D eigenvalue weighted by molar-refractivity contribution is 5.68. The Morgan fingerprint density at radius 2 is 1.44 bits per heavy atom. The summed E-state index contributed by atoms with van der Waals surface area (Å²) in [5, 5.41) is 4.67. The van der Waals surface area contributed by atoms with Crippen molar-refractivity contribution in [1.82, 2.24) is 19.6 Å². The second kappa shape index (κ2) is 9.90. The van der Waals surface area contributed by atoms with Crippen LogP contribution in [0.1, 0.15) is 5.56 Å². The fraction of sp³-hybridized carbons (Fsp3) is 0.222. The molecule has 0 aliphatic heterocycles. The molecule has 4 rings (SSSR count). The Bertz CT molecular complexity index is 1150. The van der Waals surface area contributed by atoms with Gasteiger partial charge in [0.25, 0.3) is 0 Å². The molecule has 4 nitrogen and oxygen atoms in total. The summed E-state index contributed by atoms with van der Waals surface area (Å²) in [5.41, 5.74) is 5.57. The van der Waals surface area contributed by atoms with Crippen LogP contribution in [0.3, 0.4) is 0 Å². The third-order valence-electron chi connectivity index (χ3n) is 5.56. The van der Waals surface area contributed by atoms with E-state index in [0.717, 1.165) is 41.2 Å². The van der Waals surface area contributed by atoms with E-state index >= 15 is 0 Å². The van der Waals surface area contributed by atoms with Crippen molar-refractivity contribution < 1.29 is 4.39 Å². The van der Waals surface area contributed by atoms with Crippen LogP contribution in [0.2, 0.25) is 0 Å². The van der Waals surface area contributed by atoms with E-state index < -0.39 is 0 Å². The number of aromatic nitrogens is 2. The summed E-state index contributed by atoms with van der Waals surface area (Å²) in [4.78, 5) is 4.40. The highest BCUT2D eigenvalue weighted by Gasteiger charge is 2.18. The predicted molar refractivity (Wildman–Crippen MR) is 129 cm³/mol. The molecule has 4 aromatic rings. The maximum Gasteiger partial charge on any atom is 0.132 e. The lowest BCUT2D eigenvalue weighted by Crippen LogP contribution is -2.28. The van der Waals surface area contributed by atoms with Gasteiger partial charge in [-0.25, -0.2) is 9.07 Å². The van der Waals surface area contributed by atoms with Gasteiger partial charge in [-0.1, -0.05) is 54.6 Å². The number of halogens is 1. The Balaban J connectivity index is 1.71. The van der Waals surface area contributed by atoms with E-state index in [1.165, 1.54) is 6.07 Å². The van der Waals surface area contributed by atoms with Crippen molar-refractivity contribution >= 4 is 0 Å². The first kappa shape index (κ1) is 21.9. The molecule has 0 saturated heterocycles. The van der Waals surface area contributed by atoms with Gasteiger partial charge in [-0.2, -0.15) is 5.10 Å². The molecule has 0 amide bonds. The van der Waals surface area contributed by atoms with Crippen molar-refractivity contribution in [3.05, 3.63) is 96.4 Å². The quantitative estimate of drug-likeness (QED) is 0.379. The molecule has 1 aromatic heterocycles. The van der Waals surface area contributed by atoms with Crippen molar-refractivity contribution in [2.75, 3.05) is 34.2 Å². The van der Waals surface area contributed by atoms with E-state index in [0.29, 0.717) is 12.1 Å². The van der Waals surface area contributed by atoms with Gasteiger partial charge in [0.05, 0.1) is 17.6 Å². The first-order chi connectivity index (χ1) is 15.5. The fourth-order valence-electron chi connectivity index (χ4n) is 3.80. The van der Waals surface area contributed by atoms with Gasteiger partial charge in [-0.15, -0.1) is 0 Å². The van der Waals surface area contributed by atoms with E-state index in [1.54, 1.807) is 6.07 Å². The lowest BCUT2D eigenvalue weighted by atomic mass is 10.0. The van der Waals surface area contributed by atoms with Crippen LogP contribution in [0, 0.1) is 5.82 Å². The van der Waals surface area contributed by atoms with Crippen LogP contribution in [-0.2, 0) is 6.54 Å². The molecule has 1 heterocycles. The van der Waals surface area contributed by atoms with Gasteiger partial charge in [0, 0.05) is 30.8 Å². The molecule has 164 valence electrons. The van der Waals surface area contributed by atoms with Gasteiger partial charge in [0.15, 0.2) is 0 Å². The summed E-state index contributed by atoms with van der Waals surface area (Å²) >= 11 is 0. The largest absolute Gasteiger partial charge is 0.308 e. The molecular formula is C27H29FN4. The lowest BCUT2D eigenvalue weighted by Gasteiger charge is -2.20. The van der Waals surface area contributed by atoms with Crippen LogP contribution >= 0.6 is 0 Å². The first-order valence-electron chi connectivity index (χ1n) is 10.8. The molecule has 3 aromatic carbocycles. The van der Waals surface area contributed by atoms with Gasteiger partial charge >= 0.3 is 0 Å². The van der Waals surface area contributed by atoms with Gasteiger partial charge in [0.2, 0.25) is 0 Å². The molecule has 0 spiro atoms. The summed E-state index contributed by atoms with van der Waals surface area (Å²) in [6, 6.07) is 25.4. The van der Waals surface area contributed by atoms with E-state index in [1.807, 2.05) is 53.3 Å². The topological polar surface area (TPSA) is 24.3 Å². The normalized spacial score (nSPS) is 11.4. The number of nitrogens with zero attached hydrogens (tertiary/aromatic N) is 4. The molecule has 0 atom stereocenters. The minimum absolute atomic E-state index is 0.243. The summed E-state index contributed by atoms with van der Waals surface area (Å²) in [5.74, 6) is -0.243. The average molecular weight is 429 g/mol. The zero-order valence-corrected chi connectivity index (χ0v) is 18.9. The van der Waals surface area contributed by atoms with Crippen molar-refractivity contribution in [3.63, 3.8) is 0 Å². The van der Waals surface area contributed by atoms with Crippen molar-refractivity contribution in [2.45, 2.75) is 6.54 Å². The van der Waals surface area contributed by atoms with Crippen molar-refractivity contribution in [3.8, 4) is 28.1 Å². The van der Waals surface area contributed by atoms with Crippen LogP contribution in [0.4, 0.5) is 4.39 Å². The molecule has 5 heteroatoms. The minimum atomic E-state index is -0.243. The van der Waals surface area contributed by atoms with Gasteiger partial charge in [-0.05, 0) is 56.5 Å². The SMILES string of the molecule is CN(C)CCN(C)Cc1cnn(-c2ccc(-c3ccccc3)cc2)c1-c1ccccc1F. The lowest BCUT2D eigenvalue weighted by molar-refractivity contribution is 0.276. The van der Waals surface area contributed by atoms with Crippen molar-refractivity contribution in [2.24, 2.45) is 0 Å². The molecule has 0 N–H and O–H groups in total. The standard InChI is InChI=1S/C27H29FN4/c1-30(2)17-18-31(3)20-23-19-29-32(27(23)25-11-7-8-12-26(25)28)24-15-13-22(14-16-24)21-9-5-4-6-10-21/h4-16,19H,17-18,20H2,1-3H3. The minimum Gasteiger partial charge on any atom is -0.308 e. The zero-order chi connectivity index (χ0) is 22.5. The molecular weight excluding hydrogens is 399 g/mol. The molecule has 0 fully saturated rings. The Morgan fingerprint density at radius 3 is 2.12 bits per heavy atom. The van der Waals surface area contributed by atoms with Gasteiger partial charge in [-0.3, -0.25) is 0 Å². The molecule has 0 unspecified atom stereocenters. The van der Waals surface area contributed by atoms with E-state index in [9.17, 15) is 4.39 Å². The highest BCUT2D eigenvalue weighted by atomic mass is 19.1. The number of hydrogen-bond acceptors (Lipinski definition) is 3. The van der Waals surface area contributed by atoms with Crippen LogP contribution in [0.5, 0.6) is 0 Å². The van der Waals surface area contributed by atoms with Gasteiger partial charge < -0.3 is 9.80 Å². The zero-order valence-electron chi connectivity index (χ0n) is 18.9. The Kier molecular flexibility index (Phi) is 6.78. The third kappa shape index (κ3) is 4.96. The van der Waals surface area contributed by atoms with E-state index in [4.69, 9.17) is 0 Å². The van der Waals surface area contributed by atoms with Crippen molar-refractivity contribution in [1.29, 1.82) is 0 Å². The summed E-state index contributed by atoms with van der Waals surface area (Å²) < 4.78 is 16.7. The van der Waals surface area contributed by atoms with Crippen LogP contribution in [0.15, 0.2) is 85.1 Å². The summed E-state index contributed by atoms with van der Waals surface area (Å²) in [7, 11) is 6.21. The highest BCUT2D eigenvalue weighted by Crippen LogP contribution is 2.30. The molecule has 0 saturated carbocycles. The Labute approximate surface area is 189 Å². The van der Waals surface area contributed by atoms with Gasteiger partial charge in [0.1, 0.15) is 5.82 Å². The predicted octanol–water partition coefficient (Wildman–Crippen LogP) is 5.34. The number of hydrogen-bond donors (Lipinski definition) is 0. The number of likely N-dealkylation sites (N-methyl/N-ethyl adjacent to an activating group) is 2. The van der Waals surface area contributed by atoms with Crippen LogP contribution < -0.4 is 0 Å².